The van der Waals surface area contributed by atoms with E-state index in [1.807, 2.05) is 31.2 Å². The Balaban J connectivity index is 0.000000451. The lowest BCUT2D eigenvalue weighted by Crippen LogP contribution is -2.31. The summed E-state index contributed by atoms with van der Waals surface area (Å²) in [6.07, 6.45) is 5.21. The van der Waals surface area contributed by atoms with Gasteiger partial charge in [-0.1, -0.05) is 40.9 Å². The van der Waals surface area contributed by atoms with Gasteiger partial charge in [0.2, 0.25) is 18.2 Å². The molecule has 1 aliphatic rings. The van der Waals surface area contributed by atoms with Crippen LogP contribution < -0.4 is 15.4 Å². The van der Waals surface area contributed by atoms with Crippen LogP contribution >= 0.6 is 23.2 Å². The minimum atomic E-state index is -0.0351. The van der Waals surface area contributed by atoms with Gasteiger partial charge in [0.1, 0.15) is 16.9 Å². The molecule has 1 aromatic carbocycles. The van der Waals surface area contributed by atoms with Gasteiger partial charge in [-0.3, -0.25) is 14.4 Å². The number of carbonyl (C=O) groups excluding carboxylic acids is 3. The van der Waals surface area contributed by atoms with E-state index in [-0.39, 0.29) is 30.3 Å². The molecule has 1 fully saturated rings. The molecule has 0 aliphatic heterocycles. The molecule has 2 N–H and O–H groups in total. The predicted octanol–water partition coefficient (Wildman–Crippen LogP) is 4.59. The summed E-state index contributed by atoms with van der Waals surface area (Å²) in [7, 11) is 0. The van der Waals surface area contributed by atoms with E-state index < -0.39 is 0 Å². The number of rotatable bonds is 7. The molecular formula is C23H27Cl2N3O4. The van der Waals surface area contributed by atoms with Gasteiger partial charge in [-0.15, -0.1) is 0 Å². The normalized spacial score (nSPS) is 17.4. The maximum absolute atomic E-state index is 12.4. The van der Waals surface area contributed by atoms with Crippen molar-refractivity contribution >= 4 is 47.0 Å². The average molecular weight is 480 g/mol. The average Bonchev–Trinajstić information content (AvgIpc) is 2.76. The Kier molecular flexibility index (Phi) is 10.4. The fourth-order valence-corrected chi connectivity index (χ4v) is 3.58. The van der Waals surface area contributed by atoms with Gasteiger partial charge >= 0.3 is 0 Å². The highest BCUT2D eigenvalue weighted by Crippen LogP contribution is 2.31. The Labute approximate surface area is 197 Å². The number of aryl methyl sites for hydroxylation is 1. The molecule has 9 heteroatoms. The van der Waals surface area contributed by atoms with Crippen molar-refractivity contribution in [1.82, 2.24) is 10.3 Å². The minimum absolute atomic E-state index is 0.00908. The van der Waals surface area contributed by atoms with Gasteiger partial charge < -0.3 is 15.4 Å². The quantitative estimate of drug-likeness (QED) is 0.565. The summed E-state index contributed by atoms with van der Waals surface area (Å²) >= 11 is 11.9. The van der Waals surface area contributed by atoms with Gasteiger partial charge in [-0.05, 0) is 57.7 Å². The van der Waals surface area contributed by atoms with E-state index in [0.29, 0.717) is 22.3 Å². The SMILES string of the molecule is CC(=O)CNC=O.Cc1ccc(NC(=O)C2CCC(Oc3ncc(Cl)cc3Cl)CC2)cc1. The zero-order valence-corrected chi connectivity index (χ0v) is 19.6. The molecule has 2 amide bonds. The monoisotopic (exact) mass is 479 g/mol. The highest BCUT2D eigenvalue weighted by Gasteiger charge is 2.28. The zero-order valence-electron chi connectivity index (χ0n) is 18.1. The van der Waals surface area contributed by atoms with Crippen LogP contribution in [-0.4, -0.2) is 35.7 Å². The first kappa shape index (κ1) is 25.6. The Hall–Kier alpha value is -2.64. The first-order chi connectivity index (χ1) is 15.3. The van der Waals surface area contributed by atoms with E-state index in [2.05, 4.69) is 15.6 Å². The molecule has 0 radical (unpaired) electrons. The third-order valence-corrected chi connectivity index (χ3v) is 5.33. The van der Waals surface area contributed by atoms with E-state index in [4.69, 9.17) is 27.9 Å². The number of Topliss-reactive ketones (excluding diaryl/α,β-unsaturated/α-hetero) is 1. The van der Waals surface area contributed by atoms with E-state index in [1.165, 1.54) is 18.7 Å². The predicted molar refractivity (Wildman–Crippen MR) is 125 cm³/mol. The number of carbonyl (C=O) groups is 3. The molecule has 1 saturated carbocycles. The Bertz CT molecular complexity index is 914. The van der Waals surface area contributed by atoms with Crippen LogP contribution in [0.1, 0.15) is 38.2 Å². The van der Waals surface area contributed by atoms with Crippen molar-refractivity contribution in [3.05, 3.63) is 52.1 Å². The van der Waals surface area contributed by atoms with Gasteiger partial charge in [-0.2, -0.15) is 0 Å². The topological polar surface area (TPSA) is 97.4 Å². The van der Waals surface area contributed by atoms with Crippen molar-refractivity contribution in [2.75, 3.05) is 11.9 Å². The summed E-state index contributed by atoms with van der Waals surface area (Å²) in [4.78, 5) is 36.0. The summed E-state index contributed by atoms with van der Waals surface area (Å²) in [6, 6.07) is 9.45. The number of anilines is 1. The van der Waals surface area contributed by atoms with Crippen LogP contribution in [0.3, 0.4) is 0 Å². The fraction of sp³-hybridized carbons (Fsp3) is 0.391. The van der Waals surface area contributed by atoms with E-state index >= 15 is 0 Å². The smallest absolute Gasteiger partial charge is 0.232 e. The Morgan fingerprint density at radius 2 is 1.81 bits per heavy atom. The maximum atomic E-state index is 12.4. The number of hydrogen-bond acceptors (Lipinski definition) is 5. The van der Waals surface area contributed by atoms with Crippen LogP contribution in [-0.2, 0) is 14.4 Å². The van der Waals surface area contributed by atoms with Gasteiger partial charge in [-0.25, -0.2) is 4.98 Å². The van der Waals surface area contributed by atoms with Gasteiger partial charge in [0.25, 0.3) is 0 Å². The molecule has 0 unspecified atom stereocenters. The summed E-state index contributed by atoms with van der Waals surface area (Å²) < 4.78 is 5.87. The summed E-state index contributed by atoms with van der Waals surface area (Å²) in [5, 5.41) is 6.10. The molecule has 1 aliphatic carbocycles. The molecule has 1 aromatic heterocycles. The van der Waals surface area contributed by atoms with E-state index in [0.717, 1.165) is 31.4 Å². The van der Waals surface area contributed by atoms with Gasteiger partial charge in [0.15, 0.2) is 0 Å². The Morgan fingerprint density at radius 1 is 1.16 bits per heavy atom. The van der Waals surface area contributed by atoms with Crippen LogP contribution in [0.15, 0.2) is 36.5 Å². The summed E-state index contributed by atoms with van der Waals surface area (Å²) in [6.45, 7) is 3.58. The zero-order chi connectivity index (χ0) is 23.5. The first-order valence-electron chi connectivity index (χ1n) is 10.3. The standard InChI is InChI=1S/C19H20Cl2N2O2.C4H7NO2/c1-12-2-6-15(7-3-12)23-18(24)13-4-8-16(9-5-13)25-19-17(21)10-14(20)11-22-19;1-4(7)2-5-3-6/h2-3,6-7,10-11,13,16H,4-5,8-9H2,1H3,(H,23,24);3H,2H2,1H3,(H,5,6). The third kappa shape index (κ3) is 8.85. The first-order valence-corrected chi connectivity index (χ1v) is 11.1. The largest absolute Gasteiger partial charge is 0.473 e. The maximum Gasteiger partial charge on any atom is 0.232 e. The number of halogens is 2. The highest BCUT2D eigenvalue weighted by atomic mass is 35.5. The third-order valence-electron chi connectivity index (χ3n) is 4.85. The van der Waals surface area contributed by atoms with Crippen LogP contribution in [0.5, 0.6) is 5.88 Å². The van der Waals surface area contributed by atoms with Crippen molar-refractivity contribution in [3.63, 3.8) is 0 Å². The Morgan fingerprint density at radius 3 is 2.34 bits per heavy atom. The van der Waals surface area contributed by atoms with E-state index in [1.54, 1.807) is 6.07 Å². The second-order valence-corrected chi connectivity index (χ2v) is 8.43. The number of nitrogens with zero attached hydrogens (tertiary/aromatic N) is 1. The summed E-state index contributed by atoms with van der Waals surface area (Å²) in [5.74, 6) is 0.450. The molecule has 0 bridgehead atoms. The van der Waals surface area contributed by atoms with Crippen LogP contribution in [0.4, 0.5) is 5.69 Å². The number of ketones is 1. The molecule has 0 saturated heterocycles. The number of pyridine rings is 1. The van der Waals surface area contributed by atoms with Crippen molar-refractivity contribution in [1.29, 1.82) is 0 Å². The molecule has 7 nitrogen and oxygen atoms in total. The van der Waals surface area contributed by atoms with Crippen LogP contribution in [0, 0.1) is 12.8 Å². The number of nitrogens with one attached hydrogen (secondary N) is 2. The lowest BCUT2D eigenvalue weighted by atomic mass is 9.86. The van der Waals surface area contributed by atoms with Crippen molar-refractivity contribution in [2.24, 2.45) is 5.92 Å². The lowest BCUT2D eigenvalue weighted by Gasteiger charge is -2.28. The van der Waals surface area contributed by atoms with Crippen molar-refractivity contribution in [3.8, 4) is 5.88 Å². The summed E-state index contributed by atoms with van der Waals surface area (Å²) in [5.41, 5.74) is 2.01. The highest BCUT2D eigenvalue weighted by molar-refractivity contribution is 6.35. The van der Waals surface area contributed by atoms with Gasteiger partial charge in [0, 0.05) is 17.8 Å². The van der Waals surface area contributed by atoms with Crippen LogP contribution in [0.25, 0.3) is 0 Å². The number of hydrogen-bond donors (Lipinski definition) is 2. The molecule has 172 valence electrons. The number of ether oxygens (including phenoxy) is 1. The number of benzene rings is 1. The number of aromatic nitrogens is 1. The van der Waals surface area contributed by atoms with Crippen molar-refractivity contribution in [2.45, 2.75) is 45.6 Å². The molecule has 1 heterocycles. The lowest BCUT2D eigenvalue weighted by molar-refractivity contribution is -0.121. The minimum Gasteiger partial charge on any atom is -0.473 e. The van der Waals surface area contributed by atoms with Gasteiger partial charge in [0.05, 0.1) is 11.6 Å². The van der Waals surface area contributed by atoms with Crippen molar-refractivity contribution < 1.29 is 19.1 Å². The molecular weight excluding hydrogens is 453 g/mol. The molecule has 32 heavy (non-hydrogen) atoms. The molecule has 2 aromatic rings. The molecule has 0 atom stereocenters. The second-order valence-electron chi connectivity index (χ2n) is 7.59. The molecule has 3 rings (SSSR count). The molecule has 0 spiro atoms. The second kappa shape index (κ2) is 13.0. The fourth-order valence-electron chi connectivity index (χ4n) is 3.16. The number of amides is 2. The van der Waals surface area contributed by atoms with Crippen LogP contribution in [0.2, 0.25) is 10.0 Å². The van der Waals surface area contributed by atoms with E-state index in [9.17, 15) is 14.4 Å².